The van der Waals surface area contributed by atoms with Crippen molar-refractivity contribution in [2.45, 2.75) is 18.8 Å². The molecule has 6 nitrogen and oxygen atoms in total. The molecule has 1 amide bonds. The van der Waals surface area contributed by atoms with Crippen LogP contribution < -0.4 is 10.1 Å². The minimum atomic E-state index is -4.84. The monoisotopic (exact) mass is 347 g/mol. The molecule has 0 fully saturated rings. The summed E-state index contributed by atoms with van der Waals surface area (Å²) in [5, 5.41) is 11.2. The molecule has 0 bridgehead atoms. The molecule has 1 aromatic carbocycles. The second-order valence-electron chi connectivity index (χ2n) is 4.66. The van der Waals surface area contributed by atoms with Gasteiger partial charge in [-0.15, -0.1) is 19.8 Å². The fraction of sp³-hybridized carbons (Fsp3) is 0.333. The Morgan fingerprint density at radius 1 is 1.38 bits per heavy atom. The molecule has 1 unspecified atom stereocenters. The van der Waals surface area contributed by atoms with Gasteiger partial charge in [0, 0.05) is 0 Å². The Kier molecular flexibility index (Phi) is 7.25. The number of halogens is 3. The lowest BCUT2D eigenvalue weighted by Gasteiger charge is -2.14. The van der Waals surface area contributed by atoms with Crippen LogP contribution in [0, 0.1) is 0 Å². The molecule has 0 spiro atoms. The van der Waals surface area contributed by atoms with E-state index in [4.69, 9.17) is 9.84 Å². The summed E-state index contributed by atoms with van der Waals surface area (Å²) >= 11 is 0. The molecule has 24 heavy (non-hydrogen) atoms. The van der Waals surface area contributed by atoms with Gasteiger partial charge in [0.25, 0.3) is 0 Å². The van der Waals surface area contributed by atoms with Gasteiger partial charge in [-0.05, 0) is 17.7 Å². The fourth-order valence-electron chi connectivity index (χ4n) is 1.73. The van der Waals surface area contributed by atoms with Crippen LogP contribution >= 0.6 is 0 Å². The molecule has 0 aliphatic heterocycles. The SMILES string of the molecule is C=CCOCC(NC(=O)Cc1cccc(OC(F)(F)F)c1)C(=O)O. The average molecular weight is 347 g/mol. The highest BCUT2D eigenvalue weighted by Gasteiger charge is 2.31. The predicted octanol–water partition coefficient (Wildman–Crippen LogP) is 1.90. The molecule has 2 N–H and O–H groups in total. The molecular formula is C15H16F3NO5. The smallest absolute Gasteiger partial charge is 0.480 e. The summed E-state index contributed by atoms with van der Waals surface area (Å²) in [6.45, 7) is 3.26. The first kappa shape index (κ1) is 19.5. The lowest BCUT2D eigenvalue weighted by molar-refractivity contribution is -0.274. The van der Waals surface area contributed by atoms with Gasteiger partial charge < -0.3 is 19.9 Å². The Labute approximate surface area is 135 Å². The number of carboxylic acid groups (broad SMARTS) is 1. The van der Waals surface area contributed by atoms with Gasteiger partial charge in [0.1, 0.15) is 5.75 Å². The maximum atomic E-state index is 12.2. The standard InChI is InChI=1S/C15H16F3NO5/c1-2-6-23-9-12(14(21)22)19-13(20)8-10-4-3-5-11(7-10)24-15(16,17)18/h2-5,7,12H,1,6,8-9H2,(H,19,20)(H,21,22). The lowest BCUT2D eigenvalue weighted by Crippen LogP contribution is -2.44. The van der Waals surface area contributed by atoms with Gasteiger partial charge in [0.15, 0.2) is 6.04 Å². The topological polar surface area (TPSA) is 84.9 Å². The molecule has 0 aliphatic rings. The summed E-state index contributed by atoms with van der Waals surface area (Å²) in [6.07, 6.45) is -3.72. The molecule has 1 rings (SSSR count). The van der Waals surface area contributed by atoms with E-state index in [1.165, 1.54) is 18.2 Å². The zero-order valence-corrected chi connectivity index (χ0v) is 12.5. The third-order valence-corrected chi connectivity index (χ3v) is 2.65. The highest BCUT2D eigenvalue weighted by Crippen LogP contribution is 2.23. The zero-order valence-electron chi connectivity index (χ0n) is 12.5. The summed E-state index contributed by atoms with van der Waals surface area (Å²) in [5.74, 6) is -2.42. The number of carbonyl (C=O) groups excluding carboxylic acids is 1. The number of benzene rings is 1. The third-order valence-electron chi connectivity index (χ3n) is 2.65. The average Bonchev–Trinajstić information content (AvgIpc) is 2.44. The van der Waals surface area contributed by atoms with Crippen molar-refractivity contribution in [3.63, 3.8) is 0 Å². The minimum absolute atomic E-state index is 0.122. The number of hydrogen-bond donors (Lipinski definition) is 2. The van der Waals surface area contributed by atoms with Crippen LogP contribution in [0.15, 0.2) is 36.9 Å². The van der Waals surface area contributed by atoms with Crippen molar-refractivity contribution in [1.82, 2.24) is 5.32 Å². The number of nitrogens with one attached hydrogen (secondary N) is 1. The zero-order chi connectivity index (χ0) is 18.2. The summed E-state index contributed by atoms with van der Waals surface area (Å²) in [6, 6.07) is 3.60. The van der Waals surface area contributed by atoms with Crippen molar-refractivity contribution >= 4 is 11.9 Å². The van der Waals surface area contributed by atoms with Crippen LogP contribution in [-0.2, 0) is 20.7 Å². The normalized spacial score (nSPS) is 12.3. The Hall–Kier alpha value is -2.55. The molecule has 132 valence electrons. The molecule has 0 radical (unpaired) electrons. The van der Waals surface area contributed by atoms with Crippen molar-refractivity contribution in [2.75, 3.05) is 13.2 Å². The first-order chi connectivity index (χ1) is 11.2. The molecule has 0 aromatic heterocycles. The van der Waals surface area contributed by atoms with Crippen molar-refractivity contribution in [3.8, 4) is 5.75 Å². The van der Waals surface area contributed by atoms with Gasteiger partial charge in [-0.3, -0.25) is 4.79 Å². The predicted molar refractivity (Wildman–Crippen MR) is 77.4 cm³/mol. The second-order valence-corrected chi connectivity index (χ2v) is 4.66. The first-order valence-corrected chi connectivity index (χ1v) is 6.76. The first-order valence-electron chi connectivity index (χ1n) is 6.76. The number of aliphatic carboxylic acids is 1. The van der Waals surface area contributed by atoms with E-state index in [0.29, 0.717) is 0 Å². The van der Waals surface area contributed by atoms with Gasteiger partial charge in [-0.25, -0.2) is 4.79 Å². The summed E-state index contributed by atoms with van der Waals surface area (Å²) in [4.78, 5) is 22.9. The number of carboxylic acids is 1. The number of hydrogen-bond acceptors (Lipinski definition) is 4. The van der Waals surface area contributed by atoms with Crippen LogP contribution in [-0.4, -0.2) is 42.6 Å². The van der Waals surface area contributed by atoms with Crippen molar-refractivity contribution < 1.29 is 37.3 Å². The van der Waals surface area contributed by atoms with Crippen LogP contribution in [0.2, 0.25) is 0 Å². The maximum absolute atomic E-state index is 12.2. The molecule has 0 saturated carbocycles. The number of alkyl halides is 3. The molecule has 1 atom stereocenters. The largest absolute Gasteiger partial charge is 0.573 e. The van der Waals surface area contributed by atoms with Crippen LogP contribution in [0.4, 0.5) is 13.2 Å². The number of amides is 1. The number of rotatable bonds is 9. The third kappa shape index (κ3) is 7.63. The lowest BCUT2D eigenvalue weighted by atomic mass is 10.1. The highest BCUT2D eigenvalue weighted by atomic mass is 19.4. The van der Waals surface area contributed by atoms with Gasteiger partial charge >= 0.3 is 12.3 Å². The van der Waals surface area contributed by atoms with E-state index in [0.717, 1.165) is 12.1 Å². The fourth-order valence-corrected chi connectivity index (χ4v) is 1.73. The van der Waals surface area contributed by atoms with Crippen LogP contribution in [0.5, 0.6) is 5.75 Å². The maximum Gasteiger partial charge on any atom is 0.573 e. The van der Waals surface area contributed by atoms with E-state index in [9.17, 15) is 22.8 Å². The highest BCUT2D eigenvalue weighted by molar-refractivity contribution is 5.85. The molecular weight excluding hydrogens is 331 g/mol. The van der Waals surface area contributed by atoms with E-state index in [1.54, 1.807) is 0 Å². The van der Waals surface area contributed by atoms with E-state index < -0.39 is 30.0 Å². The Morgan fingerprint density at radius 2 is 2.08 bits per heavy atom. The summed E-state index contributed by atoms with van der Waals surface area (Å²) in [5.41, 5.74) is 0.241. The Morgan fingerprint density at radius 3 is 2.67 bits per heavy atom. The van der Waals surface area contributed by atoms with E-state index in [1.807, 2.05) is 0 Å². The van der Waals surface area contributed by atoms with E-state index in [2.05, 4.69) is 16.6 Å². The van der Waals surface area contributed by atoms with E-state index >= 15 is 0 Å². The van der Waals surface area contributed by atoms with Crippen LogP contribution in [0.3, 0.4) is 0 Å². The molecule has 9 heteroatoms. The second kappa shape index (κ2) is 8.92. The summed E-state index contributed by atoms with van der Waals surface area (Å²) in [7, 11) is 0. The van der Waals surface area contributed by atoms with Crippen molar-refractivity contribution in [2.24, 2.45) is 0 Å². The number of carbonyl (C=O) groups is 2. The van der Waals surface area contributed by atoms with Gasteiger partial charge in [0.05, 0.1) is 19.6 Å². The summed E-state index contributed by atoms with van der Waals surface area (Å²) < 4.78 is 45.2. The molecule has 0 saturated heterocycles. The van der Waals surface area contributed by atoms with Crippen molar-refractivity contribution in [1.29, 1.82) is 0 Å². The Bertz CT molecular complexity index is 589. The quantitative estimate of drug-likeness (QED) is 0.526. The van der Waals surface area contributed by atoms with Gasteiger partial charge in [0.2, 0.25) is 5.91 Å². The van der Waals surface area contributed by atoms with Crippen LogP contribution in [0.1, 0.15) is 5.56 Å². The van der Waals surface area contributed by atoms with E-state index in [-0.39, 0.29) is 25.2 Å². The number of ether oxygens (including phenoxy) is 2. The molecule has 0 aliphatic carbocycles. The molecule has 0 heterocycles. The van der Waals surface area contributed by atoms with Crippen molar-refractivity contribution in [3.05, 3.63) is 42.5 Å². The van der Waals surface area contributed by atoms with Crippen LogP contribution in [0.25, 0.3) is 0 Å². The Balaban J connectivity index is 2.64. The van der Waals surface area contributed by atoms with Gasteiger partial charge in [-0.2, -0.15) is 0 Å². The minimum Gasteiger partial charge on any atom is -0.480 e. The van der Waals surface area contributed by atoms with Gasteiger partial charge in [-0.1, -0.05) is 18.2 Å². The molecule has 1 aromatic rings.